The molecule has 0 aromatic heterocycles. The van der Waals surface area contributed by atoms with Gasteiger partial charge in [0, 0.05) is 24.1 Å². The van der Waals surface area contributed by atoms with Crippen LogP contribution in [0.15, 0.2) is 24.3 Å². The molecule has 2 unspecified atom stereocenters. The van der Waals surface area contributed by atoms with E-state index >= 15 is 0 Å². The Labute approximate surface area is 124 Å². The van der Waals surface area contributed by atoms with Crippen molar-refractivity contribution in [2.45, 2.75) is 44.6 Å². The van der Waals surface area contributed by atoms with Crippen LogP contribution >= 0.6 is 0 Å². The summed E-state index contributed by atoms with van der Waals surface area (Å²) in [7, 11) is -3.24. The maximum atomic E-state index is 11.9. The number of nitro groups is 1. The molecule has 21 heavy (non-hydrogen) atoms. The molecule has 0 saturated heterocycles. The third-order valence-electron chi connectivity index (χ3n) is 3.85. The number of nitro benzene ring substituents is 1. The highest BCUT2D eigenvalue weighted by molar-refractivity contribution is 7.89. The van der Waals surface area contributed by atoms with Crippen LogP contribution < -0.4 is 4.72 Å². The lowest BCUT2D eigenvalue weighted by molar-refractivity contribution is -0.384. The van der Waals surface area contributed by atoms with Gasteiger partial charge in [-0.15, -0.1) is 0 Å². The summed E-state index contributed by atoms with van der Waals surface area (Å²) in [5.41, 5.74) is 1.02. The molecule has 0 aliphatic heterocycles. The molecule has 1 aliphatic rings. The second-order valence-electron chi connectivity index (χ2n) is 5.43. The van der Waals surface area contributed by atoms with Crippen molar-refractivity contribution in [1.29, 1.82) is 0 Å². The van der Waals surface area contributed by atoms with E-state index in [1.165, 1.54) is 12.1 Å². The van der Waals surface area contributed by atoms with Gasteiger partial charge in [-0.3, -0.25) is 10.1 Å². The van der Waals surface area contributed by atoms with Crippen LogP contribution in [0.4, 0.5) is 5.69 Å². The van der Waals surface area contributed by atoms with Gasteiger partial charge in [-0.25, -0.2) is 13.1 Å². The number of nitrogens with zero attached hydrogens (tertiary/aromatic N) is 1. The second-order valence-corrected chi connectivity index (χ2v) is 7.30. The normalized spacial score (nSPS) is 22.3. The van der Waals surface area contributed by atoms with Crippen LogP contribution in [-0.2, 0) is 10.0 Å². The molecule has 0 amide bonds. The summed E-state index contributed by atoms with van der Waals surface area (Å²) in [6.45, 7) is 1.84. The average molecular weight is 312 g/mol. The summed E-state index contributed by atoms with van der Waals surface area (Å²) < 4.78 is 26.6. The molecule has 116 valence electrons. The summed E-state index contributed by atoms with van der Waals surface area (Å²) >= 11 is 0. The van der Waals surface area contributed by atoms with E-state index < -0.39 is 14.9 Å². The number of nitrogens with one attached hydrogen (secondary N) is 1. The van der Waals surface area contributed by atoms with E-state index in [9.17, 15) is 18.5 Å². The standard InChI is InChI=1S/C14H20N2O4S/c1-2-10-21(19,20)15-14-5-3-4-13(14)11-6-8-12(9-7-11)16(17)18/h6-9,13-15H,2-5,10H2,1H3. The Bertz CT molecular complexity index is 598. The molecule has 1 aliphatic carbocycles. The number of non-ortho nitro benzene ring substituents is 1. The van der Waals surface area contributed by atoms with Gasteiger partial charge in [0.2, 0.25) is 10.0 Å². The maximum Gasteiger partial charge on any atom is 0.269 e. The van der Waals surface area contributed by atoms with Crippen LogP contribution in [0.3, 0.4) is 0 Å². The van der Waals surface area contributed by atoms with Gasteiger partial charge in [0.1, 0.15) is 0 Å². The van der Waals surface area contributed by atoms with Crippen LogP contribution in [0.25, 0.3) is 0 Å². The van der Waals surface area contributed by atoms with Crippen LogP contribution in [0.2, 0.25) is 0 Å². The first-order chi connectivity index (χ1) is 9.93. The summed E-state index contributed by atoms with van der Waals surface area (Å²) in [5.74, 6) is 0.230. The Morgan fingerprint density at radius 3 is 2.52 bits per heavy atom. The number of hydrogen-bond acceptors (Lipinski definition) is 4. The lowest BCUT2D eigenvalue weighted by Gasteiger charge is -2.21. The van der Waals surface area contributed by atoms with Crippen LogP contribution in [0, 0.1) is 10.1 Å². The summed E-state index contributed by atoms with van der Waals surface area (Å²) in [6, 6.07) is 6.31. The minimum absolute atomic E-state index is 0.0554. The lowest BCUT2D eigenvalue weighted by atomic mass is 9.94. The zero-order valence-electron chi connectivity index (χ0n) is 12.0. The zero-order valence-corrected chi connectivity index (χ0v) is 12.8. The highest BCUT2D eigenvalue weighted by atomic mass is 32.2. The number of benzene rings is 1. The molecule has 1 N–H and O–H groups in total. The first kappa shape index (κ1) is 15.9. The van der Waals surface area contributed by atoms with Crippen molar-refractivity contribution in [3.63, 3.8) is 0 Å². The van der Waals surface area contributed by atoms with Gasteiger partial charge in [-0.2, -0.15) is 0 Å². The molecular weight excluding hydrogens is 292 g/mol. The van der Waals surface area contributed by atoms with Gasteiger partial charge in [0.15, 0.2) is 0 Å². The van der Waals surface area contributed by atoms with Crippen molar-refractivity contribution in [2.75, 3.05) is 5.75 Å². The van der Waals surface area contributed by atoms with Gasteiger partial charge in [0.05, 0.1) is 10.7 Å². The summed E-state index contributed by atoms with van der Waals surface area (Å²) in [6.07, 6.45) is 3.26. The van der Waals surface area contributed by atoms with E-state index in [1.54, 1.807) is 12.1 Å². The zero-order chi connectivity index (χ0) is 15.5. The lowest BCUT2D eigenvalue weighted by Crippen LogP contribution is -2.37. The maximum absolute atomic E-state index is 11.9. The highest BCUT2D eigenvalue weighted by Crippen LogP contribution is 2.35. The van der Waals surface area contributed by atoms with E-state index in [0.717, 1.165) is 24.8 Å². The van der Waals surface area contributed by atoms with Crippen molar-refractivity contribution < 1.29 is 13.3 Å². The topological polar surface area (TPSA) is 89.3 Å². The minimum atomic E-state index is -3.24. The third-order valence-corrected chi connectivity index (χ3v) is 5.46. The summed E-state index contributed by atoms with van der Waals surface area (Å²) in [4.78, 5) is 10.2. The van der Waals surface area contributed by atoms with Gasteiger partial charge in [-0.1, -0.05) is 25.5 Å². The number of sulfonamides is 1. The van der Waals surface area contributed by atoms with Gasteiger partial charge in [0.25, 0.3) is 5.69 Å². The van der Waals surface area contributed by atoms with Gasteiger partial charge in [-0.05, 0) is 24.8 Å². The van der Waals surface area contributed by atoms with E-state index in [0.29, 0.717) is 6.42 Å². The fraction of sp³-hybridized carbons (Fsp3) is 0.571. The summed E-state index contributed by atoms with van der Waals surface area (Å²) in [5, 5.41) is 10.7. The number of hydrogen-bond donors (Lipinski definition) is 1. The predicted molar refractivity (Wildman–Crippen MR) is 80.7 cm³/mol. The van der Waals surface area contributed by atoms with Crippen molar-refractivity contribution >= 4 is 15.7 Å². The Hall–Kier alpha value is -1.47. The molecule has 0 bridgehead atoms. The molecule has 2 rings (SSSR count). The van der Waals surface area contributed by atoms with Crippen LogP contribution in [0.5, 0.6) is 0 Å². The molecule has 6 nitrogen and oxygen atoms in total. The van der Waals surface area contributed by atoms with E-state index in [-0.39, 0.29) is 23.4 Å². The largest absolute Gasteiger partial charge is 0.269 e. The molecule has 1 fully saturated rings. The predicted octanol–water partition coefficient (Wildman–Crippen LogP) is 2.56. The fourth-order valence-corrected chi connectivity index (χ4v) is 4.30. The highest BCUT2D eigenvalue weighted by Gasteiger charge is 2.31. The first-order valence-electron chi connectivity index (χ1n) is 7.17. The fourth-order valence-electron chi connectivity index (χ4n) is 2.90. The first-order valence-corrected chi connectivity index (χ1v) is 8.82. The van der Waals surface area contributed by atoms with Crippen molar-refractivity contribution in [3.05, 3.63) is 39.9 Å². The molecule has 0 radical (unpaired) electrons. The molecule has 0 heterocycles. The quantitative estimate of drug-likeness (QED) is 0.645. The molecular formula is C14H20N2O4S. The molecule has 1 saturated carbocycles. The minimum Gasteiger partial charge on any atom is -0.258 e. The van der Waals surface area contributed by atoms with Crippen molar-refractivity contribution in [3.8, 4) is 0 Å². The molecule has 2 atom stereocenters. The monoisotopic (exact) mass is 312 g/mol. The molecule has 7 heteroatoms. The van der Waals surface area contributed by atoms with Gasteiger partial charge < -0.3 is 0 Å². The van der Waals surface area contributed by atoms with E-state index in [4.69, 9.17) is 0 Å². The second kappa shape index (κ2) is 6.53. The third kappa shape index (κ3) is 4.01. The van der Waals surface area contributed by atoms with Crippen molar-refractivity contribution in [2.24, 2.45) is 0 Å². The van der Waals surface area contributed by atoms with Gasteiger partial charge >= 0.3 is 0 Å². The van der Waals surface area contributed by atoms with Crippen molar-refractivity contribution in [1.82, 2.24) is 4.72 Å². The Morgan fingerprint density at radius 2 is 1.95 bits per heavy atom. The molecule has 0 spiro atoms. The Balaban J connectivity index is 2.13. The Kier molecular flexibility index (Phi) is 4.95. The number of rotatable bonds is 6. The SMILES string of the molecule is CCCS(=O)(=O)NC1CCCC1c1ccc([N+](=O)[O-])cc1. The molecule has 1 aromatic carbocycles. The average Bonchev–Trinajstić information content (AvgIpc) is 2.86. The van der Waals surface area contributed by atoms with Crippen LogP contribution in [0.1, 0.15) is 44.1 Å². The van der Waals surface area contributed by atoms with Crippen LogP contribution in [-0.4, -0.2) is 25.1 Å². The smallest absolute Gasteiger partial charge is 0.258 e. The van der Waals surface area contributed by atoms with E-state index in [2.05, 4.69) is 4.72 Å². The van der Waals surface area contributed by atoms with E-state index in [1.807, 2.05) is 6.92 Å². The molecule has 1 aromatic rings. The Morgan fingerprint density at radius 1 is 1.29 bits per heavy atom.